The molecule has 0 spiro atoms. The molecule has 0 rings (SSSR count). The minimum atomic E-state index is -0.415. The molecular weight excluding hydrogens is 216 g/mol. The summed E-state index contributed by atoms with van der Waals surface area (Å²) in [5.41, 5.74) is -0.415. The number of ether oxygens (including phenoxy) is 1. The lowest BCUT2D eigenvalue weighted by atomic mass is 10.2. The van der Waals surface area contributed by atoms with Crippen LogP contribution in [0, 0.1) is 0 Å². The highest BCUT2D eigenvalue weighted by molar-refractivity contribution is 5.67. The fourth-order valence-electron chi connectivity index (χ4n) is 1.39. The fraction of sp³-hybridized carbons (Fsp3) is 0.923. The minimum absolute atomic E-state index is 0.325. The van der Waals surface area contributed by atoms with Gasteiger partial charge in [-0.15, -0.1) is 0 Å². The molecule has 4 nitrogen and oxygen atoms in total. The first-order valence-electron chi connectivity index (χ1n) is 6.50. The van der Waals surface area contributed by atoms with E-state index in [9.17, 15) is 4.79 Å². The molecule has 0 fully saturated rings. The first-order chi connectivity index (χ1) is 7.85. The van der Waals surface area contributed by atoms with Crippen LogP contribution < -0.4 is 5.32 Å². The lowest BCUT2D eigenvalue weighted by Gasteiger charge is -2.20. The number of nitrogens with one attached hydrogen (secondary N) is 1. The summed E-state index contributed by atoms with van der Waals surface area (Å²) >= 11 is 0. The largest absolute Gasteiger partial charge is 0.444 e. The molecule has 102 valence electrons. The predicted molar refractivity (Wildman–Crippen MR) is 71.3 cm³/mol. The Morgan fingerprint density at radius 3 is 2.35 bits per heavy atom. The van der Waals surface area contributed by atoms with Crippen LogP contribution in [-0.2, 0) is 4.74 Å². The van der Waals surface area contributed by atoms with Gasteiger partial charge in [0, 0.05) is 6.54 Å². The average molecular weight is 244 g/mol. The smallest absolute Gasteiger partial charge is 0.407 e. The Labute approximate surface area is 106 Å². The highest BCUT2D eigenvalue weighted by Crippen LogP contribution is 2.06. The second kappa shape index (κ2) is 8.34. The van der Waals surface area contributed by atoms with Crippen molar-refractivity contribution in [2.24, 2.45) is 0 Å². The summed E-state index contributed by atoms with van der Waals surface area (Å²) in [6.07, 6.45) is 3.09. The van der Waals surface area contributed by atoms with E-state index in [1.54, 1.807) is 0 Å². The summed E-state index contributed by atoms with van der Waals surface area (Å²) < 4.78 is 5.15. The molecule has 1 amide bonds. The van der Waals surface area contributed by atoms with Gasteiger partial charge in [0.1, 0.15) is 5.60 Å². The van der Waals surface area contributed by atoms with Crippen LogP contribution in [0.4, 0.5) is 4.79 Å². The molecule has 0 aliphatic carbocycles. The van der Waals surface area contributed by atoms with Gasteiger partial charge in [-0.3, -0.25) is 0 Å². The molecule has 0 bridgehead atoms. The Balaban J connectivity index is 3.48. The average Bonchev–Trinajstić information content (AvgIpc) is 2.19. The van der Waals surface area contributed by atoms with Gasteiger partial charge in [0.15, 0.2) is 0 Å². The van der Waals surface area contributed by atoms with E-state index < -0.39 is 5.60 Å². The Morgan fingerprint density at radius 1 is 1.24 bits per heavy atom. The highest BCUT2D eigenvalue weighted by Gasteiger charge is 2.15. The number of hydrogen-bond donors (Lipinski definition) is 1. The second-order valence-corrected chi connectivity index (χ2v) is 5.44. The van der Waals surface area contributed by atoms with Crippen LogP contribution in [0.25, 0.3) is 0 Å². The van der Waals surface area contributed by atoms with Crippen molar-refractivity contribution < 1.29 is 9.53 Å². The van der Waals surface area contributed by atoms with Gasteiger partial charge < -0.3 is 15.0 Å². The molecule has 0 atom stereocenters. The third-order valence-electron chi connectivity index (χ3n) is 2.28. The van der Waals surface area contributed by atoms with Crippen LogP contribution in [0.3, 0.4) is 0 Å². The molecule has 0 saturated heterocycles. The number of carbonyl (C=O) groups is 1. The monoisotopic (exact) mass is 244 g/mol. The third-order valence-corrected chi connectivity index (χ3v) is 2.28. The molecular formula is C13H28N2O2. The van der Waals surface area contributed by atoms with Crippen molar-refractivity contribution in [3.63, 3.8) is 0 Å². The van der Waals surface area contributed by atoms with Crippen molar-refractivity contribution in [2.75, 3.05) is 26.7 Å². The van der Waals surface area contributed by atoms with Crippen LogP contribution in [0.2, 0.25) is 0 Å². The fourth-order valence-corrected chi connectivity index (χ4v) is 1.39. The molecule has 4 heteroatoms. The van der Waals surface area contributed by atoms with Gasteiger partial charge in [-0.25, -0.2) is 4.79 Å². The SMILES string of the molecule is CCCCN(C)CCCNC(=O)OC(C)(C)C. The van der Waals surface area contributed by atoms with Gasteiger partial charge in [0.05, 0.1) is 0 Å². The maximum atomic E-state index is 11.3. The highest BCUT2D eigenvalue weighted by atomic mass is 16.6. The quantitative estimate of drug-likeness (QED) is 0.700. The summed E-state index contributed by atoms with van der Waals surface area (Å²) in [6, 6.07) is 0. The standard InChI is InChI=1S/C13H28N2O2/c1-6-7-10-15(5)11-8-9-14-12(16)17-13(2,3)4/h6-11H2,1-5H3,(H,14,16). The van der Waals surface area contributed by atoms with Gasteiger partial charge in [0.2, 0.25) is 0 Å². The van der Waals surface area contributed by atoms with Gasteiger partial charge in [-0.2, -0.15) is 0 Å². The summed E-state index contributed by atoms with van der Waals surface area (Å²) in [5, 5.41) is 2.76. The van der Waals surface area contributed by atoms with Crippen molar-refractivity contribution in [3.8, 4) is 0 Å². The molecule has 0 heterocycles. The molecule has 0 aromatic carbocycles. The number of amides is 1. The van der Waals surface area contributed by atoms with Crippen LogP contribution in [-0.4, -0.2) is 43.3 Å². The lowest BCUT2D eigenvalue weighted by Crippen LogP contribution is -2.34. The van der Waals surface area contributed by atoms with E-state index in [2.05, 4.69) is 24.2 Å². The van der Waals surface area contributed by atoms with Crippen LogP contribution in [0.1, 0.15) is 47.0 Å². The van der Waals surface area contributed by atoms with E-state index in [-0.39, 0.29) is 6.09 Å². The Kier molecular flexibility index (Phi) is 7.96. The van der Waals surface area contributed by atoms with E-state index in [1.165, 1.54) is 12.8 Å². The van der Waals surface area contributed by atoms with Gasteiger partial charge >= 0.3 is 6.09 Å². The maximum Gasteiger partial charge on any atom is 0.407 e. The number of nitrogens with zero attached hydrogens (tertiary/aromatic N) is 1. The van der Waals surface area contributed by atoms with Crippen LogP contribution in [0.5, 0.6) is 0 Å². The zero-order chi connectivity index (χ0) is 13.3. The molecule has 17 heavy (non-hydrogen) atoms. The molecule has 0 radical (unpaired) electrons. The van der Waals surface area contributed by atoms with Gasteiger partial charge in [0.25, 0.3) is 0 Å². The first kappa shape index (κ1) is 16.2. The van der Waals surface area contributed by atoms with E-state index in [1.807, 2.05) is 20.8 Å². The number of rotatable bonds is 7. The Morgan fingerprint density at radius 2 is 1.82 bits per heavy atom. The number of unbranched alkanes of at least 4 members (excludes halogenated alkanes) is 1. The van der Waals surface area contributed by atoms with Crippen LogP contribution >= 0.6 is 0 Å². The molecule has 0 aromatic heterocycles. The summed E-state index contributed by atoms with van der Waals surface area (Å²) in [7, 11) is 2.11. The van der Waals surface area contributed by atoms with Crippen molar-refractivity contribution in [1.82, 2.24) is 10.2 Å². The zero-order valence-electron chi connectivity index (χ0n) is 12.0. The van der Waals surface area contributed by atoms with Gasteiger partial charge in [-0.05, 0) is 53.8 Å². The zero-order valence-corrected chi connectivity index (χ0v) is 12.0. The molecule has 0 aliphatic rings. The van der Waals surface area contributed by atoms with E-state index in [0.717, 1.165) is 19.5 Å². The second-order valence-electron chi connectivity index (χ2n) is 5.44. The molecule has 0 unspecified atom stereocenters. The molecule has 0 saturated carbocycles. The lowest BCUT2D eigenvalue weighted by molar-refractivity contribution is 0.0526. The molecule has 0 aliphatic heterocycles. The Hall–Kier alpha value is -0.770. The van der Waals surface area contributed by atoms with E-state index in [0.29, 0.717) is 6.54 Å². The first-order valence-corrected chi connectivity index (χ1v) is 6.50. The van der Waals surface area contributed by atoms with Crippen LogP contribution in [0.15, 0.2) is 0 Å². The maximum absolute atomic E-state index is 11.3. The Bertz CT molecular complexity index is 212. The van der Waals surface area contributed by atoms with Crippen molar-refractivity contribution in [2.45, 2.75) is 52.6 Å². The summed E-state index contributed by atoms with van der Waals surface area (Å²) in [4.78, 5) is 13.6. The molecule has 0 aromatic rings. The number of hydrogen-bond acceptors (Lipinski definition) is 3. The van der Waals surface area contributed by atoms with Crippen molar-refractivity contribution >= 4 is 6.09 Å². The number of alkyl carbamates (subject to hydrolysis) is 1. The van der Waals surface area contributed by atoms with Crippen molar-refractivity contribution in [1.29, 1.82) is 0 Å². The van der Waals surface area contributed by atoms with E-state index in [4.69, 9.17) is 4.74 Å². The minimum Gasteiger partial charge on any atom is -0.444 e. The predicted octanol–water partition coefficient (Wildman–Crippen LogP) is 2.63. The molecule has 1 N–H and O–H groups in total. The van der Waals surface area contributed by atoms with Crippen molar-refractivity contribution in [3.05, 3.63) is 0 Å². The summed E-state index contributed by atoms with van der Waals surface area (Å²) in [5.74, 6) is 0. The summed E-state index contributed by atoms with van der Waals surface area (Å²) in [6.45, 7) is 10.6. The third kappa shape index (κ3) is 11.5. The number of carbonyl (C=O) groups excluding carboxylic acids is 1. The normalized spacial score (nSPS) is 11.6. The topological polar surface area (TPSA) is 41.6 Å². The van der Waals surface area contributed by atoms with Gasteiger partial charge in [-0.1, -0.05) is 13.3 Å². The van der Waals surface area contributed by atoms with E-state index >= 15 is 0 Å².